The van der Waals surface area contributed by atoms with Crippen molar-refractivity contribution in [2.75, 3.05) is 26.4 Å². The summed E-state index contributed by atoms with van der Waals surface area (Å²) in [7, 11) is 0. The van der Waals surface area contributed by atoms with Crippen molar-refractivity contribution in [3.8, 4) is 22.6 Å². The minimum Gasteiger partial charge on any atom is -0.490 e. The Morgan fingerprint density at radius 1 is 0.846 bits per heavy atom. The van der Waals surface area contributed by atoms with Crippen molar-refractivity contribution in [1.29, 1.82) is 0 Å². The summed E-state index contributed by atoms with van der Waals surface area (Å²) in [5, 5.41) is 18.0. The van der Waals surface area contributed by atoms with Crippen LogP contribution in [0.15, 0.2) is 36.4 Å². The number of hydrogen-bond acceptors (Lipinski definition) is 4. The van der Waals surface area contributed by atoms with Crippen molar-refractivity contribution in [2.24, 2.45) is 0 Å². The minimum absolute atomic E-state index is 0.0494. The number of aliphatic hydroxyl groups is 2. The van der Waals surface area contributed by atoms with Crippen LogP contribution < -0.4 is 9.47 Å². The highest BCUT2D eigenvalue weighted by atomic mass is 16.5. The third-order valence-electron chi connectivity index (χ3n) is 4.25. The summed E-state index contributed by atoms with van der Waals surface area (Å²) in [5.41, 5.74) is 4.96. The van der Waals surface area contributed by atoms with Gasteiger partial charge >= 0.3 is 0 Å². The van der Waals surface area contributed by atoms with Gasteiger partial charge in [-0.15, -0.1) is 0 Å². The molecule has 0 aliphatic heterocycles. The average molecular weight is 358 g/mol. The Kier molecular flexibility index (Phi) is 8.45. The van der Waals surface area contributed by atoms with E-state index in [2.05, 4.69) is 32.0 Å². The van der Waals surface area contributed by atoms with Gasteiger partial charge in [-0.2, -0.15) is 0 Å². The topological polar surface area (TPSA) is 58.9 Å². The number of aliphatic hydroxyl groups excluding tert-OH is 2. The van der Waals surface area contributed by atoms with Crippen LogP contribution >= 0.6 is 0 Å². The lowest BCUT2D eigenvalue weighted by Crippen LogP contribution is -2.06. The van der Waals surface area contributed by atoms with E-state index in [-0.39, 0.29) is 19.8 Å². The highest BCUT2D eigenvalue weighted by Crippen LogP contribution is 2.35. The molecule has 0 heterocycles. The van der Waals surface area contributed by atoms with E-state index in [1.807, 2.05) is 18.2 Å². The smallest absolute Gasteiger partial charge is 0.161 e. The predicted octanol–water partition coefficient (Wildman–Crippen LogP) is 4.00. The van der Waals surface area contributed by atoms with E-state index in [4.69, 9.17) is 19.7 Å². The highest BCUT2D eigenvalue weighted by Gasteiger charge is 2.11. The molecule has 0 spiro atoms. The van der Waals surface area contributed by atoms with E-state index in [0.717, 1.165) is 24.8 Å². The van der Waals surface area contributed by atoms with E-state index >= 15 is 0 Å². The van der Waals surface area contributed by atoms with Gasteiger partial charge in [-0.1, -0.05) is 44.5 Å². The van der Waals surface area contributed by atoms with Gasteiger partial charge in [-0.3, -0.25) is 0 Å². The Bertz CT molecular complexity index is 682. The summed E-state index contributed by atoms with van der Waals surface area (Å²) in [6.07, 6.45) is 3.77. The van der Waals surface area contributed by atoms with Gasteiger partial charge in [0.25, 0.3) is 0 Å². The molecular weight excluding hydrogens is 328 g/mol. The van der Waals surface area contributed by atoms with Gasteiger partial charge in [0.1, 0.15) is 6.61 Å². The van der Waals surface area contributed by atoms with Crippen LogP contribution in [0.25, 0.3) is 11.1 Å². The van der Waals surface area contributed by atoms with Crippen LogP contribution in [0.3, 0.4) is 0 Å². The zero-order valence-corrected chi connectivity index (χ0v) is 15.8. The van der Waals surface area contributed by atoms with E-state index in [9.17, 15) is 0 Å². The summed E-state index contributed by atoms with van der Waals surface area (Å²) in [5.74, 6) is 1.26. The van der Waals surface area contributed by atoms with Crippen LogP contribution in [0, 0.1) is 0 Å². The lowest BCUT2D eigenvalue weighted by atomic mass is 9.94. The zero-order valence-electron chi connectivity index (χ0n) is 15.8. The van der Waals surface area contributed by atoms with Gasteiger partial charge in [0, 0.05) is 13.0 Å². The normalized spacial score (nSPS) is 10.8. The Hall–Kier alpha value is -2.04. The molecule has 0 aliphatic carbocycles. The summed E-state index contributed by atoms with van der Waals surface area (Å²) in [6, 6.07) is 12.6. The first-order valence-electron chi connectivity index (χ1n) is 9.47. The van der Waals surface area contributed by atoms with Crippen molar-refractivity contribution in [2.45, 2.75) is 39.5 Å². The quantitative estimate of drug-likeness (QED) is 0.596. The maximum absolute atomic E-state index is 9.08. The minimum atomic E-state index is -0.0494. The van der Waals surface area contributed by atoms with Gasteiger partial charge in [0.05, 0.1) is 13.2 Å². The predicted molar refractivity (Wildman–Crippen MR) is 105 cm³/mol. The fourth-order valence-electron chi connectivity index (χ4n) is 2.98. The molecule has 0 bridgehead atoms. The molecule has 142 valence electrons. The van der Waals surface area contributed by atoms with Crippen LogP contribution in [0.2, 0.25) is 0 Å². The van der Waals surface area contributed by atoms with E-state index < -0.39 is 0 Å². The molecule has 4 nitrogen and oxygen atoms in total. The number of ether oxygens (including phenoxy) is 2. The number of hydrogen-bond donors (Lipinski definition) is 2. The van der Waals surface area contributed by atoms with Gasteiger partial charge in [-0.05, 0) is 47.2 Å². The summed E-state index contributed by atoms with van der Waals surface area (Å²) >= 11 is 0. The molecule has 0 fully saturated rings. The Morgan fingerprint density at radius 3 is 2.35 bits per heavy atom. The number of aryl methyl sites for hydroxylation is 2. The second-order valence-electron chi connectivity index (χ2n) is 6.25. The van der Waals surface area contributed by atoms with Crippen LogP contribution in [-0.2, 0) is 12.8 Å². The largest absolute Gasteiger partial charge is 0.490 e. The highest BCUT2D eigenvalue weighted by molar-refractivity contribution is 5.71. The maximum Gasteiger partial charge on any atom is 0.161 e. The molecule has 26 heavy (non-hydrogen) atoms. The molecule has 4 heteroatoms. The lowest BCUT2D eigenvalue weighted by molar-refractivity contribution is 0.189. The van der Waals surface area contributed by atoms with Crippen molar-refractivity contribution >= 4 is 0 Å². The third kappa shape index (κ3) is 5.48. The van der Waals surface area contributed by atoms with Crippen LogP contribution in [0.4, 0.5) is 0 Å². The first-order valence-corrected chi connectivity index (χ1v) is 9.47. The molecule has 0 atom stereocenters. The fraction of sp³-hybridized carbons (Fsp3) is 0.455. The first-order chi connectivity index (χ1) is 12.7. The number of rotatable bonds is 11. The standard InChI is InChI=1S/C22H30O4/c1-3-6-17-7-9-20(18(4-2)15-17)19-8-10-21(25-13-5-11-23)22(16-19)26-14-12-24/h7-10,15-16,23-24H,3-6,11-14H2,1-2H3. The van der Waals surface area contributed by atoms with Crippen molar-refractivity contribution < 1.29 is 19.7 Å². The second kappa shape index (κ2) is 10.8. The van der Waals surface area contributed by atoms with Crippen LogP contribution in [-0.4, -0.2) is 36.6 Å². The SMILES string of the molecule is CCCc1ccc(-c2ccc(OCCCO)c(OCCO)c2)c(CC)c1. The molecule has 0 saturated heterocycles. The third-order valence-corrected chi connectivity index (χ3v) is 4.25. The van der Waals surface area contributed by atoms with Crippen molar-refractivity contribution in [1.82, 2.24) is 0 Å². The molecule has 0 saturated carbocycles. The van der Waals surface area contributed by atoms with E-state index in [1.54, 1.807) is 0 Å². The molecule has 0 unspecified atom stereocenters. The molecule has 2 aromatic carbocycles. The maximum atomic E-state index is 9.08. The summed E-state index contributed by atoms with van der Waals surface area (Å²) in [4.78, 5) is 0. The molecule has 0 radical (unpaired) electrons. The van der Waals surface area contributed by atoms with E-state index in [0.29, 0.717) is 24.5 Å². The Balaban J connectivity index is 2.33. The van der Waals surface area contributed by atoms with Crippen molar-refractivity contribution in [3.63, 3.8) is 0 Å². The summed E-state index contributed by atoms with van der Waals surface area (Å²) in [6.45, 7) is 5.05. The average Bonchev–Trinajstić information content (AvgIpc) is 2.67. The lowest BCUT2D eigenvalue weighted by Gasteiger charge is -2.16. The molecule has 2 rings (SSSR count). The van der Waals surface area contributed by atoms with Gasteiger partial charge < -0.3 is 19.7 Å². The van der Waals surface area contributed by atoms with Crippen LogP contribution in [0.1, 0.15) is 37.8 Å². The molecule has 2 N–H and O–H groups in total. The van der Waals surface area contributed by atoms with Crippen molar-refractivity contribution in [3.05, 3.63) is 47.5 Å². The number of benzene rings is 2. The molecule has 0 aromatic heterocycles. The Morgan fingerprint density at radius 2 is 1.65 bits per heavy atom. The molecule has 0 amide bonds. The Labute approximate surface area is 156 Å². The molecule has 2 aromatic rings. The molecule has 0 aliphatic rings. The second-order valence-corrected chi connectivity index (χ2v) is 6.25. The summed E-state index contributed by atoms with van der Waals surface area (Å²) < 4.78 is 11.4. The zero-order chi connectivity index (χ0) is 18.8. The van der Waals surface area contributed by atoms with E-state index in [1.165, 1.54) is 16.7 Å². The molecular formula is C22H30O4. The monoisotopic (exact) mass is 358 g/mol. The van der Waals surface area contributed by atoms with Gasteiger partial charge in [0.2, 0.25) is 0 Å². The van der Waals surface area contributed by atoms with Crippen LogP contribution in [0.5, 0.6) is 11.5 Å². The fourth-order valence-corrected chi connectivity index (χ4v) is 2.98. The van der Waals surface area contributed by atoms with Gasteiger partial charge in [0.15, 0.2) is 11.5 Å². The first kappa shape index (κ1) is 20.3. The van der Waals surface area contributed by atoms with Gasteiger partial charge in [-0.25, -0.2) is 0 Å².